The van der Waals surface area contributed by atoms with Gasteiger partial charge < -0.3 is 19.4 Å². The second-order valence-electron chi connectivity index (χ2n) is 6.34. The molecule has 1 amide bonds. The summed E-state index contributed by atoms with van der Waals surface area (Å²) in [4.78, 5) is 16.7. The molecule has 160 valence electrons. The number of nitrogens with one attached hydrogen (secondary N) is 1. The first-order valence-corrected chi connectivity index (χ1v) is 11.4. The van der Waals surface area contributed by atoms with Crippen LogP contribution in [0.2, 0.25) is 0 Å². The Morgan fingerprint density at radius 2 is 2.03 bits per heavy atom. The van der Waals surface area contributed by atoms with E-state index in [-0.39, 0.29) is 17.3 Å². The molecule has 1 N–H and O–H groups in total. The Hall–Kier alpha value is -2.59. The van der Waals surface area contributed by atoms with Gasteiger partial charge in [-0.2, -0.15) is 0 Å². The van der Waals surface area contributed by atoms with Crippen molar-refractivity contribution in [3.05, 3.63) is 41.7 Å². The van der Waals surface area contributed by atoms with E-state index in [1.165, 1.54) is 23.1 Å². The molecule has 0 aliphatic heterocycles. The fourth-order valence-corrected chi connectivity index (χ4v) is 4.42. The molecular formula is C20H25N5O3S2. The first-order chi connectivity index (χ1) is 14.6. The molecule has 0 fully saturated rings. The van der Waals surface area contributed by atoms with E-state index < -0.39 is 0 Å². The molecule has 3 aromatic rings. The molecule has 3 rings (SSSR count). The highest BCUT2D eigenvalue weighted by atomic mass is 32.2. The van der Waals surface area contributed by atoms with Gasteiger partial charge in [-0.3, -0.25) is 4.79 Å². The Balaban J connectivity index is 1.74. The van der Waals surface area contributed by atoms with E-state index in [2.05, 4.69) is 20.5 Å². The van der Waals surface area contributed by atoms with E-state index in [9.17, 15) is 4.79 Å². The van der Waals surface area contributed by atoms with Gasteiger partial charge in [0.1, 0.15) is 0 Å². The maximum absolute atomic E-state index is 12.6. The number of ether oxygens (including phenoxy) is 2. The lowest BCUT2D eigenvalue weighted by Crippen LogP contribution is -2.25. The molecule has 0 radical (unpaired) electrons. The molecule has 0 spiro atoms. The van der Waals surface area contributed by atoms with Crippen molar-refractivity contribution in [1.29, 1.82) is 0 Å². The Bertz CT molecular complexity index is 961. The van der Waals surface area contributed by atoms with Crippen molar-refractivity contribution >= 4 is 34.1 Å². The number of thioether (sulfide) groups is 1. The van der Waals surface area contributed by atoms with Crippen LogP contribution in [-0.2, 0) is 11.3 Å². The molecule has 8 nitrogen and oxygen atoms in total. The molecule has 0 saturated heterocycles. The summed E-state index contributed by atoms with van der Waals surface area (Å²) < 4.78 is 13.4. The van der Waals surface area contributed by atoms with E-state index in [1.807, 2.05) is 55.0 Å². The number of hydrogen-bond donors (Lipinski definition) is 1. The molecule has 10 heteroatoms. The standard InChI is InChI=1S/C20H25N5O3S2/c1-5-16(18(26)22-19-21-11-12-29-19)30-20-24-23-17(25(20)6-2)13(3)28-15-10-8-7-9-14(15)27-4/h7-13,16H,5-6H2,1-4H3,(H,21,22,26). The zero-order chi connectivity index (χ0) is 21.5. The highest BCUT2D eigenvalue weighted by Crippen LogP contribution is 2.32. The van der Waals surface area contributed by atoms with Crippen LogP contribution in [0.25, 0.3) is 0 Å². The first-order valence-electron chi connectivity index (χ1n) is 9.67. The second kappa shape index (κ2) is 10.4. The molecule has 2 unspecified atom stereocenters. The topological polar surface area (TPSA) is 91.2 Å². The molecule has 2 atom stereocenters. The van der Waals surface area contributed by atoms with Crippen molar-refractivity contribution < 1.29 is 14.3 Å². The average molecular weight is 448 g/mol. The number of carbonyl (C=O) groups excluding carboxylic acids is 1. The quantitative estimate of drug-likeness (QED) is 0.460. The zero-order valence-electron chi connectivity index (χ0n) is 17.4. The predicted molar refractivity (Wildman–Crippen MR) is 118 cm³/mol. The smallest absolute Gasteiger partial charge is 0.239 e. The third-order valence-corrected chi connectivity index (χ3v) is 6.40. The second-order valence-corrected chi connectivity index (χ2v) is 8.40. The third-order valence-electron chi connectivity index (χ3n) is 4.37. The Morgan fingerprint density at radius 1 is 1.27 bits per heavy atom. The monoisotopic (exact) mass is 447 g/mol. The summed E-state index contributed by atoms with van der Waals surface area (Å²) in [6.07, 6.45) is 1.98. The van der Waals surface area contributed by atoms with Crippen LogP contribution < -0.4 is 14.8 Å². The maximum atomic E-state index is 12.6. The number of para-hydroxylation sites is 2. The Kier molecular flexibility index (Phi) is 7.69. The lowest BCUT2D eigenvalue weighted by Gasteiger charge is -2.18. The van der Waals surface area contributed by atoms with E-state index in [0.717, 1.165) is 0 Å². The summed E-state index contributed by atoms with van der Waals surface area (Å²) in [7, 11) is 1.61. The van der Waals surface area contributed by atoms with Crippen molar-refractivity contribution in [1.82, 2.24) is 19.7 Å². The fraction of sp³-hybridized carbons (Fsp3) is 0.400. The molecule has 2 aromatic heterocycles. The van der Waals surface area contributed by atoms with E-state index in [1.54, 1.807) is 13.3 Å². The van der Waals surface area contributed by atoms with Crippen LogP contribution >= 0.6 is 23.1 Å². The molecule has 30 heavy (non-hydrogen) atoms. The van der Waals surface area contributed by atoms with Crippen LogP contribution in [0.4, 0.5) is 5.13 Å². The van der Waals surface area contributed by atoms with Crippen molar-refractivity contribution in [2.45, 2.75) is 50.2 Å². The van der Waals surface area contributed by atoms with Crippen LogP contribution in [0, 0.1) is 0 Å². The number of thiazole rings is 1. The van der Waals surface area contributed by atoms with Gasteiger partial charge >= 0.3 is 0 Å². The summed E-state index contributed by atoms with van der Waals surface area (Å²) in [5, 5.41) is 14.3. The molecule has 0 bridgehead atoms. The fourth-order valence-electron chi connectivity index (χ4n) is 2.87. The summed E-state index contributed by atoms with van der Waals surface area (Å²) >= 11 is 2.79. The minimum atomic E-state index is -0.340. The zero-order valence-corrected chi connectivity index (χ0v) is 19.0. The maximum Gasteiger partial charge on any atom is 0.239 e. The number of carbonyl (C=O) groups is 1. The molecule has 0 aliphatic carbocycles. The number of aromatic nitrogens is 4. The van der Waals surface area contributed by atoms with Gasteiger partial charge in [-0.05, 0) is 32.4 Å². The van der Waals surface area contributed by atoms with Crippen molar-refractivity contribution in [2.75, 3.05) is 12.4 Å². The molecule has 0 saturated carbocycles. The number of rotatable bonds is 10. The van der Waals surface area contributed by atoms with Gasteiger partial charge in [-0.25, -0.2) is 4.98 Å². The molecule has 0 aliphatic rings. The van der Waals surface area contributed by atoms with Crippen molar-refractivity contribution in [2.24, 2.45) is 0 Å². The normalized spacial score (nSPS) is 12.9. The van der Waals surface area contributed by atoms with Gasteiger partial charge in [0.15, 0.2) is 33.7 Å². The van der Waals surface area contributed by atoms with E-state index in [4.69, 9.17) is 9.47 Å². The van der Waals surface area contributed by atoms with E-state index >= 15 is 0 Å². The highest BCUT2D eigenvalue weighted by molar-refractivity contribution is 8.00. The van der Waals surface area contributed by atoms with Crippen LogP contribution in [-0.4, -0.2) is 38.0 Å². The lowest BCUT2D eigenvalue weighted by molar-refractivity contribution is -0.115. The number of benzene rings is 1. The van der Waals surface area contributed by atoms with Crippen molar-refractivity contribution in [3.63, 3.8) is 0 Å². The minimum absolute atomic E-state index is 0.0945. The minimum Gasteiger partial charge on any atom is -0.493 e. The predicted octanol–water partition coefficient (Wildman–Crippen LogP) is 4.41. The van der Waals surface area contributed by atoms with Gasteiger partial charge in [0.2, 0.25) is 5.91 Å². The molecular weight excluding hydrogens is 422 g/mol. The number of amides is 1. The third kappa shape index (κ3) is 5.11. The largest absolute Gasteiger partial charge is 0.493 e. The summed E-state index contributed by atoms with van der Waals surface area (Å²) in [5.74, 6) is 1.90. The van der Waals surface area contributed by atoms with Crippen LogP contribution in [0.15, 0.2) is 41.0 Å². The van der Waals surface area contributed by atoms with Gasteiger partial charge in [0, 0.05) is 18.1 Å². The van der Waals surface area contributed by atoms with Crippen LogP contribution in [0.5, 0.6) is 11.5 Å². The lowest BCUT2D eigenvalue weighted by atomic mass is 10.3. The number of nitrogens with zero attached hydrogens (tertiary/aromatic N) is 4. The number of hydrogen-bond acceptors (Lipinski definition) is 8. The summed E-state index contributed by atoms with van der Waals surface area (Å²) in [5.41, 5.74) is 0. The Labute approximate surface area is 184 Å². The van der Waals surface area contributed by atoms with Crippen LogP contribution in [0.1, 0.15) is 39.1 Å². The molecule has 2 heterocycles. The first kappa shape index (κ1) is 22.1. The summed E-state index contributed by atoms with van der Waals surface area (Å²) in [6.45, 7) is 6.57. The average Bonchev–Trinajstić information content (AvgIpc) is 3.41. The van der Waals surface area contributed by atoms with Gasteiger partial charge in [0.25, 0.3) is 0 Å². The highest BCUT2D eigenvalue weighted by Gasteiger charge is 2.25. The van der Waals surface area contributed by atoms with Gasteiger partial charge in [-0.15, -0.1) is 21.5 Å². The van der Waals surface area contributed by atoms with Crippen LogP contribution in [0.3, 0.4) is 0 Å². The van der Waals surface area contributed by atoms with E-state index in [0.29, 0.717) is 40.6 Å². The van der Waals surface area contributed by atoms with Gasteiger partial charge in [-0.1, -0.05) is 30.8 Å². The SMILES string of the molecule is CCC(Sc1nnc(C(C)Oc2ccccc2OC)n1CC)C(=O)Nc1nccs1. The van der Waals surface area contributed by atoms with Gasteiger partial charge in [0.05, 0.1) is 12.4 Å². The Morgan fingerprint density at radius 3 is 2.67 bits per heavy atom. The summed E-state index contributed by atoms with van der Waals surface area (Å²) in [6, 6.07) is 7.49. The molecule has 1 aromatic carbocycles. The van der Waals surface area contributed by atoms with Crippen molar-refractivity contribution in [3.8, 4) is 11.5 Å². The number of methoxy groups -OCH3 is 1. The number of anilines is 1.